The predicted molar refractivity (Wildman–Crippen MR) is 121 cm³/mol. The van der Waals surface area contributed by atoms with Crippen molar-refractivity contribution in [3.63, 3.8) is 0 Å². The van der Waals surface area contributed by atoms with E-state index in [1.54, 1.807) is 6.92 Å². The minimum Gasteiger partial charge on any atom is -0.444 e. The van der Waals surface area contributed by atoms with Crippen molar-refractivity contribution in [1.29, 1.82) is 0 Å². The molecule has 1 aromatic heterocycles. The van der Waals surface area contributed by atoms with Gasteiger partial charge in [-0.3, -0.25) is 10.1 Å². The van der Waals surface area contributed by atoms with E-state index < -0.39 is 30.0 Å². The maximum absolute atomic E-state index is 12.0. The highest BCUT2D eigenvalue weighted by Crippen LogP contribution is 2.39. The monoisotopic (exact) mass is 439 g/mol. The largest absolute Gasteiger partial charge is 0.491 e. The first-order valence-corrected chi connectivity index (χ1v) is 11.3. The summed E-state index contributed by atoms with van der Waals surface area (Å²) >= 11 is 2.62. The number of thioether (sulfide) groups is 1. The minimum atomic E-state index is -0.558. The van der Waals surface area contributed by atoms with E-state index in [4.69, 9.17) is 14.0 Å². The van der Waals surface area contributed by atoms with Crippen molar-refractivity contribution in [2.45, 2.75) is 72.2 Å². The molecule has 1 N–H and O–H groups in total. The van der Waals surface area contributed by atoms with Gasteiger partial charge in [0, 0.05) is 18.1 Å². The summed E-state index contributed by atoms with van der Waals surface area (Å²) in [6.07, 6.45) is 1.46. The molecule has 160 valence electrons. The highest BCUT2D eigenvalue weighted by molar-refractivity contribution is 8.13. The molecule has 0 saturated carbocycles. The summed E-state index contributed by atoms with van der Waals surface area (Å²) in [5, 5.41) is 5.38. The molecular formula is C20H30BNO5S2. The summed E-state index contributed by atoms with van der Waals surface area (Å²) in [6, 6.07) is 1.86. The number of thiophene rings is 1. The molecule has 0 atom stereocenters. The minimum absolute atomic E-state index is 0.0324. The van der Waals surface area contributed by atoms with Gasteiger partial charge in [-0.2, -0.15) is 0 Å². The zero-order chi connectivity index (χ0) is 22.0. The molecule has 0 aliphatic carbocycles. The van der Waals surface area contributed by atoms with Crippen LogP contribution in [-0.2, 0) is 18.8 Å². The fourth-order valence-corrected chi connectivity index (χ4v) is 3.80. The predicted octanol–water partition coefficient (Wildman–Crippen LogP) is 5.39. The van der Waals surface area contributed by atoms with Gasteiger partial charge in [0.1, 0.15) is 5.60 Å². The molecule has 0 radical (unpaired) electrons. The van der Waals surface area contributed by atoms with Crippen molar-refractivity contribution in [3.05, 3.63) is 22.5 Å². The maximum Gasteiger partial charge on any atom is 0.491 e. The van der Waals surface area contributed by atoms with Crippen LogP contribution >= 0.6 is 23.1 Å². The Balaban J connectivity index is 2.18. The first-order valence-electron chi connectivity index (χ1n) is 9.46. The number of rotatable bonds is 5. The topological polar surface area (TPSA) is 73.9 Å². The molecule has 6 nitrogen and oxygen atoms in total. The highest BCUT2D eigenvalue weighted by Gasteiger charge is 2.52. The summed E-state index contributed by atoms with van der Waals surface area (Å²) in [6.45, 7) is 15.0. The maximum atomic E-state index is 12.0. The van der Waals surface area contributed by atoms with E-state index in [1.165, 1.54) is 23.1 Å². The molecule has 0 spiro atoms. The Morgan fingerprint density at radius 3 is 2.34 bits per heavy atom. The molecule has 0 unspecified atom stereocenters. The van der Waals surface area contributed by atoms with Crippen LogP contribution in [0.2, 0.25) is 0 Å². The van der Waals surface area contributed by atoms with Crippen molar-refractivity contribution in [2.24, 2.45) is 0 Å². The van der Waals surface area contributed by atoms with Crippen molar-refractivity contribution < 1.29 is 23.6 Å². The number of hydrogen-bond acceptors (Lipinski definition) is 7. The van der Waals surface area contributed by atoms with E-state index in [9.17, 15) is 9.59 Å². The smallest absolute Gasteiger partial charge is 0.444 e. The Kier molecular flexibility index (Phi) is 7.31. The SMILES string of the molecule is CC(=O)SCC(=Cc1csc(NC(=O)OC(C)(C)C)c1)B1OC(C)(C)C(C)(C)O1. The van der Waals surface area contributed by atoms with E-state index in [2.05, 4.69) is 5.32 Å². The molecule has 1 amide bonds. The third-order valence-corrected chi connectivity index (χ3v) is 6.34. The summed E-state index contributed by atoms with van der Waals surface area (Å²) in [4.78, 5) is 23.5. The van der Waals surface area contributed by atoms with E-state index in [0.717, 1.165) is 11.0 Å². The summed E-state index contributed by atoms with van der Waals surface area (Å²) in [7, 11) is -0.533. The molecule has 2 heterocycles. The first-order chi connectivity index (χ1) is 13.2. The average Bonchev–Trinajstić information content (AvgIpc) is 3.03. The second kappa shape index (κ2) is 8.84. The van der Waals surface area contributed by atoms with Gasteiger partial charge < -0.3 is 14.0 Å². The Morgan fingerprint density at radius 2 is 1.83 bits per heavy atom. The molecule has 29 heavy (non-hydrogen) atoms. The fraction of sp³-hybridized carbons (Fsp3) is 0.600. The van der Waals surface area contributed by atoms with Gasteiger partial charge in [0.25, 0.3) is 0 Å². The quantitative estimate of drug-likeness (QED) is 0.620. The number of amides is 1. The molecule has 1 saturated heterocycles. The standard InChI is InChI=1S/C20H30BNO5S2/c1-13(23)28-12-15(21-26-19(5,6)20(7,8)27-21)9-14-10-16(29-11-14)22-17(24)25-18(2,3)4/h9-11H,12H2,1-8H3,(H,22,24). The van der Waals surface area contributed by atoms with E-state index >= 15 is 0 Å². The number of hydrogen-bond donors (Lipinski definition) is 1. The van der Waals surface area contributed by atoms with Crippen LogP contribution in [0.3, 0.4) is 0 Å². The third-order valence-electron chi connectivity index (χ3n) is 4.59. The van der Waals surface area contributed by atoms with Gasteiger partial charge in [-0.1, -0.05) is 17.8 Å². The van der Waals surface area contributed by atoms with Gasteiger partial charge in [0.05, 0.1) is 16.2 Å². The molecular weight excluding hydrogens is 409 g/mol. The lowest BCUT2D eigenvalue weighted by Crippen LogP contribution is -2.41. The van der Waals surface area contributed by atoms with E-state index in [1.807, 2.05) is 66.0 Å². The van der Waals surface area contributed by atoms with Gasteiger partial charge >= 0.3 is 13.2 Å². The zero-order valence-corrected chi connectivity index (χ0v) is 20.0. The summed E-state index contributed by atoms with van der Waals surface area (Å²) in [5.74, 6) is 0.469. The molecule has 2 rings (SSSR count). The van der Waals surface area contributed by atoms with Crippen LogP contribution in [0.1, 0.15) is 61.0 Å². The van der Waals surface area contributed by atoms with Gasteiger partial charge in [-0.25, -0.2) is 4.79 Å². The van der Waals surface area contributed by atoms with Gasteiger partial charge in [-0.05, 0) is 65.6 Å². The number of carbonyl (C=O) groups excluding carboxylic acids is 2. The van der Waals surface area contributed by atoms with Gasteiger partial charge in [0.15, 0.2) is 5.12 Å². The highest BCUT2D eigenvalue weighted by atomic mass is 32.2. The first kappa shape index (κ1) is 24.0. The van der Waals surface area contributed by atoms with Crippen molar-refractivity contribution in [2.75, 3.05) is 11.1 Å². The van der Waals surface area contributed by atoms with Crippen molar-refractivity contribution >= 4 is 52.5 Å². The number of anilines is 1. The molecule has 1 aromatic rings. The van der Waals surface area contributed by atoms with Crippen LogP contribution < -0.4 is 5.32 Å². The average molecular weight is 439 g/mol. The van der Waals surface area contributed by atoms with E-state index in [0.29, 0.717) is 10.8 Å². The van der Waals surface area contributed by atoms with Crippen LogP contribution in [0.15, 0.2) is 16.9 Å². The number of nitrogens with one attached hydrogen (secondary N) is 1. The normalized spacial score (nSPS) is 18.6. The zero-order valence-electron chi connectivity index (χ0n) is 18.4. The fourth-order valence-electron chi connectivity index (χ4n) is 2.47. The van der Waals surface area contributed by atoms with Crippen LogP contribution in [0.25, 0.3) is 6.08 Å². The van der Waals surface area contributed by atoms with E-state index in [-0.39, 0.29) is 5.12 Å². The summed E-state index contributed by atoms with van der Waals surface area (Å²) < 4.78 is 17.6. The van der Waals surface area contributed by atoms with Gasteiger partial charge in [0.2, 0.25) is 0 Å². The van der Waals surface area contributed by atoms with Crippen LogP contribution in [0, 0.1) is 0 Å². The Morgan fingerprint density at radius 1 is 1.24 bits per heavy atom. The van der Waals surface area contributed by atoms with Crippen molar-refractivity contribution in [3.8, 4) is 0 Å². The van der Waals surface area contributed by atoms with Crippen LogP contribution in [0.5, 0.6) is 0 Å². The van der Waals surface area contributed by atoms with Crippen LogP contribution in [0.4, 0.5) is 9.80 Å². The van der Waals surface area contributed by atoms with Gasteiger partial charge in [-0.15, -0.1) is 11.3 Å². The third kappa shape index (κ3) is 6.88. The molecule has 9 heteroatoms. The lowest BCUT2D eigenvalue weighted by atomic mass is 9.78. The van der Waals surface area contributed by atoms with Crippen LogP contribution in [-0.4, -0.2) is 40.9 Å². The second-order valence-electron chi connectivity index (χ2n) is 8.96. The molecule has 1 aliphatic heterocycles. The molecule has 0 bridgehead atoms. The lowest BCUT2D eigenvalue weighted by molar-refractivity contribution is -0.109. The lowest BCUT2D eigenvalue weighted by Gasteiger charge is -2.32. The Bertz CT molecular complexity index is 779. The van der Waals surface area contributed by atoms with Crippen molar-refractivity contribution in [1.82, 2.24) is 0 Å². The molecule has 1 fully saturated rings. The number of carbonyl (C=O) groups is 2. The number of ether oxygens (including phenoxy) is 1. The molecule has 1 aliphatic rings. The Hall–Kier alpha value is -1.29. The summed E-state index contributed by atoms with van der Waals surface area (Å²) in [5.41, 5.74) is 0.281. The second-order valence-corrected chi connectivity index (χ2v) is 11.0. The Labute approximate surface area is 181 Å². The molecule has 0 aromatic carbocycles.